The van der Waals surface area contributed by atoms with Gasteiger partial charge in [0.1, 0.15) is 11.0 Å². The van der Waals surface area contributed by atoms with Gasteiger partial charge in [-0.15, -0.1) is 0 Å². The van der Waals surface area contributed by atoms with E-state index in [0.717, 1.165) is 5.56 Å². The number of rotatable bonds is 3. The summed E-state index contributed by atoms with van der Waals surface area (Å²) in [5.74, 6) is 0. The molecule has 1 aromatic carbocycles. The third kappa shape index (κ3) is 2.53. The summed E-state index contributed by atoms with van der Waals surface area (Å²) in [6, 6.07) is 4.48. The average Bonchev–Trinajstić information content (AvgIpc) is 2.25. The molecule has 1 rings (SSSR count). The Morgan fingerprint density at radius 2 is 2.06 bits per heavy atom. The first-order valence-electron chi connectivity index (χ1n) is 4.55. The van der Waals surface area contributed by atoms with Gasteiger partial charge in [0.05, 0.1) is 12.2 Å². The molecule has 4 nitrogen and oxygen atoms in total. The van der Waals surface area contributed by atoms with Crippen LogP contribution in [0.1, 0.15) is 23.6 Å². The molecule has 0 bridgehead atoms. The van der Waals surface area contributed by atoms with E-state index in [9.17, 15) is 8.42 Å². The summed E-state index contributed by atoms with van der Waals surface area (Å²) in [5, 5.41) is 17.9. The largest absolute Gasteiger partial charge is 0.392 e. The minimum Gasteiger partial charge on any atom is -0.392 e. The standard InChI is InChI=1S/C10H10ClNO3S/c1-2-7-3-8(5-12)10(16(11,14)15)4-9(7)6-13/h3-4,13H,2,6H2,1H3. The third-order valence-corrected chi connectivity index (χ3v) is 3.60. The summed E-state index contributed by atoms with van der Waals surface area (Å²) in [4.78, 5) is -0.252. The molecule has 0 saturated heterocycles. The van der Waals surface area contributed by atoms with Crippen molar-refractivity contribution in [2.45, 2.75) is 24.8 Å². The van der Waals surface area contributed by atoms with Gasteiger partial charge >= 0.3 is 0 Å². The number of aryl methyl sites for hydroxylation is 1. The Morgan fingerprint density at radius 3 is 2.44 bits per heavy atom. The predicted octanol–water partition coefficient (Wildman–Crippen LogP) is 1.54. The molecule has 1 aromatic rings. The molecule has 0 aliphatic heterocycles. The molecule has 1 N–H and O–H groups in total. The highest BCUT2D eigenvalue weighted by Gasteiger charge is 2.18. The zero-order valence-electron chi connectivity index (χ0n) is 8.57. The minimum atomic E-state index is -3.96. The highest BCUT2D eigenvalue weighted by molar-refractivity contribution is 8.13. The Kier molecular flexibility index (Phi) is 3.92. The number of aliphatic hydroxyl groups is 1. The SMILES string of the molecule is CCc1cc(C#N)c(S(=O)(=O)Cl)cc1CO. The molecule has 0 aromatic heterocycles. The van der Waals surface area contributed by atoms with Crippen LogP contribution in [0.3, 0.4) is 0 Å². The molecule has 0 spiro atoms. The van der Waals surface area contributed by atoms with Crippen molar-refractivity contribution in [3.05, 3.63) is 28.8 Å². The van der Waals surface area contributed by atoms with E-state index < -0.39 is 9.05 Å². The van der Waals surface area contributed by atoms with Gasteiger partial charge in [0.25, 0.3) is 9.05 Å². The number of halogens is 1. The number of aliphatic hydroxyl groups excluding tert-OH is 1. The average molecular weight is 260 g/mol. The molecular formula is C10H10ClNO3S. The second-order valence-corrected chi connectivity index (χ2v) is 5.71. The van der Waals surface area contributed by atoms with E-state index in [0.29, 0.717) is 12.0 Å². The second kappa shape index (κ2) is 4.83. The Balaban J connectivity index is 3.58. The number of benzene rings is 1. The van der Waals surface area contributed by atoms with Gasteiger partial charge in [-0.1, -0.05) is 6.92 Å². The van der Waals surface area contributed by atoms with Crippen molar-refractivity contribution in [2.24, 2.45) is 0 Å². The monoisotopic (exact) mass is 259 g/mol. The van der Waals surface area contributed by atoms with Crippen molar-refractivity contribution in [2.75, 3.05) is 0 Å². The molecular weight excluding hydrogens is 250 g/mol. The second-order valence-electron chi connectivity index (χ2n) is 3.18. The summed E-state index contributed by atoms with van der Waals surface area (Å²) in [6.07, 6.45) is 0.604. The summed E-state index contributed by atoms with van der Waals surface area (Å²) >= 11 is 0. The lowest BCUT2D eigenvalue weighted by atomic mass is 10.0. The molecule has 0 aliphatic carbocycles. The van der Waals surface area contributed by atoms with Gasteiger partial charge in [-0.3, -0.25) is 0 Å². The predicted molar refractivity (Wildman–Crippen MR) is 59.5 cm³/mol. The van der Waals surface area contributed by atoms with Crippen LogP contribution in [0.25, 0.3) is 0 Å². The van der Waals surface area contributed by atoms with Gasteiger partial charge in [0, 0.05) is 10.7 Å². The first-order chi connectivity index (χ1) is 7.43. The fraction of sp³-hybridized carbons (Fsp3) is 0.300. The molecule has 0 saturated carbocycles. The molecule has 6 heteroatoms. The van der Waals surface area contributed by atoms with Crippen molar-refractivity contribution in [1.82, 2.24) is 0 Å². The normalized spacial score (nSPS) is 11.1. The van der Waals surface area contributed by atoms with Gasteiger partial charge in [0.2, 0.25) is 0 Å². The fourth-order valence-corrected chi connectivity index (χ4v) is 2.47. The first kappa shape index (κ1) is 13.0. The lowest BCUT2D eigenvalue weighted by molar-refractivity contribution is 0.280. The summed E-state index contributed by atoms with van der Waals surface area (Å²) in [5.41, 5.74) is 1.22. The van der Waals surface area contributed by atoms with Crippen LogP contribution in [0.4, 0.5) is 0 Å². The van der Waals surface area contributed by atoms with Gasteiger partial charge < -0.3 is 5.11 Å². The lowest BCUT2D eigenvalue weighted by Gasteiger charge is -2.08. The van der Waals surface area contributed by atoms with Crippen molar-refractivity contribution in [3.8, 4) is 6.07 Å². The van der Waals surface area contributed by atoms with E-state index in [4.69, 9.17) is 21.1 Å². The molecule has 0 heterocycles. The number of hydrogen-bond donors (Lipinski definition) is 1. The van der Waals surface area contributed by atoms with E-state index >= 15 is 0 Å². The van der Waals surface area contributed by atoms with Gasteiger partial charge in [-0.2, -0.15) is 5.26 Å². The number of nitrogens with zero attached hydrogens (tertiary/aromatic N) is 1. The van der Waals surface area contributed by atoms with E-state index in [1.54, 1.807) is 6.07 Å². The molecule has 0 atom stereocenters. The van der Waals surface area contributed by atoms with Crippen LogP contribution in [0.15, 0.2) is 17.0 Å². The molecule has 0 unspecified atom stereocenters. The maximum absolute atomic E-state index is 11.2. The Morgan fingerprint density at radius 1 is 1.44 bits per heavy atom. The maximum Gasteiger partial charge on any atom is 0.262 e. The van der Waals surface area contributed by atoms with Crippen molar-refractivity contribution < 1.29 is 13.5 Å². The van der Waals surface area contributed by atoms with Crippen molar-refractivity contribution in [1.29, 1.82) is 5.26 Å². The van der Waals surface area contributed by atoms with Crippen LogP contribution in [-0.4, -0.2) is 13.5 Å². The molecule has 86 valence electrons. The van der Waals surface area contributed by atoms with E-state index in [-0.39, 0.29) is 17.1 Å². The van der Waals surface area contributed by atoms with E-state index in [2.05, 4.69) is 0 Å². The fourth-order valence-electron chi connectivity index (χ4n) is 1.43. The lowest BCUT2D eigenvalue weighted by Crippen LogP contribution is -2.01. The molecule has 0 fully saturated rings. The smallest absolute Gasteiger partial charge is 0.262 e. The summed E-state index contributed by atoms with van der Waals surface area (Å²) in [6.45, 7) is 1.57. The molecule has 0 radical (unpaired) electrons. The maximum atomic E-state index is 11.2. The molecule has 0 aliphatic rings. The first-order valence-corrected chi connectivity index (χ1v) is 6.86. The molecule has 0 amide bonds. The van der Waals surface area contributed by atoms with Crippen LogP contribution in [0.2, 0.25) is 0 Å². The van der Waals surface area contributed by atoms with Gasteiger partial charge in [-0.05, 0) is 29.7 Å². The van der Waals surface area contributed by atoms with E-state index in [1.165, 1.54) is 12.1 Å². The van der Waals surface area contributed by atoms with Crippen LogP contribution < -0.4 is 0 Å². The third-order valence-electron chi connectivity index (χ3n) is 2.24. The number of hydrogen-bond acceptors (Lipinski definition) is 4. The topological polar surface area (TPSA) is 78.2 Å². The van der Waals surface area contributed by atoms with Crippen LogP contribution in [-0.2, 0) is 22.1 Å². The van der Waals surface area contributed by atoms with Gasteiger partial charge in [-0.25, -0.2) is 8.42 Å². The summed E-state index contributed by atoms with van der Waals surface area (Å²) in [7, 11) is 1.24. The van der Waals surface area contributed by atoms with Crippen molar-refractivity contribution in [3.63, 3.8) is 0 Å². The molecule has 16 heavy (non-hydrogen) atoms. The van der Waals surface area contributed by atoms with Crippen LogP contribution in [0, 0.1) is 11.3 Å². The summed E-state index contributed by atoms with van der Waals surface area (Å²) < 4.78 is 22.4. The highest BCUT2D eigenvalue weighted by Crippen LogP contribution is 2.24. The number of nitriles is 1. The Hall–Kier alpha value is -1.09. The Bertz CT molecular complexity index is 546. The van der Waals surface area contributed by atoms with E-state index in [1.807, 2.05) is 6.92 Å². The Labute approximate surface area is 98.5 Å². The van der Waals surface area contributed by atoms with Crippen molar-refractivity contribution >= 4 is 19.7 Å². The quantitative estimate of drug-likeness (QED) is 0.835. The van der Waals surface area contributed by atoms with Gasteiger partial charge in [0.15, 0.2) is 0 Å². The van der Waals surface area contributed by atoms with Crippen LogP contribution >= 0.6 is 10.7 Å². The zero-order valence-corrected chi connectivity index (χ0v) is 10.1. The minimum absolute atomic E-state index is 0.00375. The highest BCUT2D eigenvalue weighted by atomic mass is 35.7. The zero-order chi connectivity index (χ0) is 12.3. The van der Waals surface area contributed by atoms with Crippen LogP contribution in [0.5, 0.6) is 0 Å².